The number of nitro groups is 1. The van der Waals surface area contributed by atoms with Crippen molar-refractivity contribution in [3.8, 4) is 0 Å². The molecular weight excluding hydrogens is 303 g/mol. The largest absolute Gasteiger partial charge is 0.310 e. The molecule has 0 bridgehead atoms. The second-order valence-electron chi connectivity index (χ2n) is 4.99. The first-order chi connectivity index (χ1) is 9.61. The van der Waals surface area contributed by atoms with Crippen LogP contribution < -0.4 is 4.90 Å². The summed E-state index contributed by atoms with van der Waals surface area (Å²) in [7, 11) is -4.82. The summed E-state index contributed by atoms with van der Waals surface area (Å²) in [5, 5.41) is 9.53. The van der Waals surface area contributed by atoms with Gasteiger partial charge in [-0.05, 0) is 25.5 Å². The van der Waals surface area contributed by atoms with E-state index in [4.69, 9.17) is 0 Å². The number of hydrogen-bond donors (Lipinski definition) is 0. The molecule has 0 N–H and O–H groups in total. The second-order valence-corrected chi connectivity index (χ2v) is 6.61. The Balaban J connectivity index is 2.45. The first kappa shape index (κ1) is 15.4. The summed E-state index contributed by atoms with van der Waals surface area (Å²) in [6.07, 6.45) is -0.458. The predicted octanol–water partition coefficient (Wildman–Crippen LogP) is 1.62. The molecule has 0 saturated carbocycles. The Morgan fingerprint density at radius 1 is 1.33 bits per heavy atom. The molecule has 1 fully saturated rings. The maximum absolute atomic E-state index is 13.0. The van der Waals surface area contributed by atoms with Gasteiger partial charge in [0.1, 0.15) is 5.25 Å². The highest BCUT2D eigenvalue weighted by Gasteiger charge is 2.40. The van der Waals surface area contributed by atoms with Crippen LogP contribution in [0, 0.1) is 24.0 Å². The standard InChI is InChI=1S/C12H13FN2O5S/c1-7-3-8(2)11(15(17)18)5-10(7)14-6-9(4-12(14)16)21(13,19)20/h3,5,9H,4,6H2,1-2H3. The van der Waals surface area contributed by atoms with Crippen LogP contribution in [0.4, 0.5) is 15.3 Å². The molecule has 0 aliphatic carbocycles. The maximum Gasteiger partial charge on any atom is 0.307 e. The zero-order chi connectivity index (χ0) is 15.9. The Hall–Kier alpha value is -2.03. The summed E-state index contributed by atoms with van der Waals surface area (Å²) in [6, 6.07) is 2.76. The molecule has 7 nitrogen and oxygen atoms in total. The minimum absolute atomic E-state index is 0.171. The number of halogens is 1. The summed E-state index contributed by atoms with van der Waals surface area (Å²) in [4.78, 5) is 23.3. The lowest BCUT2D eigenvalue weighted by Crippen LogP contribution is -2.27. The van der Waals surface area contributed by atoms with Crippen molar-refractivity contribution in [2.45, 2.75) is 25.5 Å². The summed E-state index contributed by atoms with van der Waals surface area (Å²) in [5.74, 6) is -0.567. The predicted molar refractivity (Wildman–Crippen MR) is 73.4 cm³/mol. The van der Waals surface area contributed by atoms with Gasteiger partial charge in [-0.15, -0.1) is 3.89 Å². The molecule has 2 rings (SSSR count). The molecule has 21 heavy (non-hydrogen) atoms. The Morgan fingerprint density at radius 2 is 1.95 bits per heavy atom. The fourth-order valence-electron chi connectivity index (χ4n) is 2.41. The highest BCUT2D eigenvalue weighted by atomic mass is 32.3. The smallest absolute Gasteiger partial charge is 0.307 e. The van der Waals surface area contributed by atoms with Crippen molar-refractivity contribution in [1.29, 1.82) is 0 Å². The minimum atomic E-state index is -4.82. The van der Waals surface area contributed by atoms with Crippen LogP contribution in [0.2, 0.25) is 0 Å². The molecule has 1 saturated heterocycles. The van der Waals surface area contributed by atoms with Crippen LogP contribution in [0.1, 0.15) is 17.5 Å². The van der Waals surface area contributed by atoms with Crippen molar-refractivity contribution in [3.05, 3.63) is 33.4 Å². The van der Waals surface area contributed by atoms with E-state index in [1.165, 1.54) is 12.1 Å². The number of aryl methyl sites for hydroxylation is 2. The van der Waals surface area contributed by atoms with Crippen molar-refractivity contribution >= 4 is 27.5 Å². The van der Waals surface area contributed by atoms with Gasteiger partial charge in [-0.2, -0.15) is 8.42 Å². The number of carbonyl (C=O) groups excluding carboxylic acids is 1. The van der Waals surface area contributed by atoms with Crippen LogP contribution >= 0.6 is 0 Å². The van der Waals surface area contributed by atoms with E-state index in [2.05, 4.69) is 0 Å². The van der Waals surface area contributed by atoms with E-state index in [0.29, 0.717) is 11.1 Å². The van der Waals surface area contributed by atoms with Gasteiger partial charge in [-0.1, -0.05) is 0 Å². The third-order valence-electron chi connectivity index (χ3n) is 3.49. The Morgan fingerprint density at radius 3 is 2.43 bits per heavy atom. The van der Waals surface area contributed by atoms with Gasteiger partial charge >= 0.3 is 10.2 Å². The summed E-state index contributed by atoms with van der Waals surface area (Å²) < 4.78 is 34.8. The third-order valence-corrected chi connectivity index (χ3v) is 4.60. The van der Waals surface area contributed by atoms with Crippen LogP contribution in [0.25, 0.3) is 0 Å². The summed E-state index contributed by atoms with van der Waals surface area (Å²) in [6.45, 7) is 2.88. The lowest BCUT2D eigenvalue weighted by molar-refractivity contribution is -0.385. The first-order valence-corrected chi connectivity index (χ1v) is 7.55. The number of rotatable bonds is 3. The quantitative estimate of drug-likeness (QED) is 0.479. The number of anilines is 1. The number of benzene rings is 1. The summed E-state index contributed by atoms with van der Waals surface area (Å²) >= 11 is 0. The molecule has 0 radical (unpaired) electrons. The zero-order valence-electron chi connectivity index (χ0n) is 11.4. The number of nitro benzene ring substituents is 1. The third kappa shape index (κ3) is 2.87. The second kappa shape index (κ2) is 5.06. The van der Waals surface area contributed by atoms with Crippen LogP contribution in [0.3, 0.4) is 0 Å². The number of amides is 1. The molecule has 1 atom stereocenters. The number of carbonyl (C=O) groups is 1. The van der Waals surface area contributed by atoms with E-state index in [-0.39, 0.29) is 17.9 Å². The fraction of sp³-hybridized carbons (Fsp3) is 0.417. The van der Waals surface area contributed by atoms with Crippen molar-refractivity contribution in [3.63, 3.8) is 0 Å². The minimum Gasteiger partial charge on any atom is -0.310 e. The van der Waals surface area contributed by atoms with Crippen LogP contribution in [0.15, 0.2) is 12.1 Å². The van der Waals surface area contributed by atoms with Gasteiger partial charge in [0.05, 0.1) is 10.6 Å². The fourth-order valence-corrected chi connectivity index (χ4v) is 3.08. The van der Waals surface area contributed by atoms with Gasteiger partial charge in [0.2, 0.25) is 5.91 Å². The van der Waals surface area contributed by atoms with Crippen LogP contribution in [-0.4, -0.2) is 31.0 Å². The Bertz CT molecular complexity index is 731. The van der Waals surface area contributed by atoms with E-state index in [0.717, 1.165) is 4.90 Å². The molecule has 1 aromatic rings. The molecule has 1 heterocycles. The molecule has 1 unspecified atom stereocenters. The molecule has 1 aromatic carbocycles. The SMILES string of the molecule is Cc1cc(C)c([N+](=O)[O-])cc1N1CC(S(=O)(=O)F)CC1=O. The van der Waals surface area contributed by atoms with Gasteiger partial charge in [-0.3, -0.25) is 14.9 Å². The molecule has 9 heteroatoms. The topological polar surface area (TPSA) is 97.6 Å². The lowest BCUT2D eigenvalue weighted by atomic mass is 10.1. The van der Waals surface area contributed by atoms with Crippen molar-refractivity contribution in [1.82, 2.24) is 0 Å². The van der Waals surface area contributed by atoms with E-state index in [1.807, 2.05) is 0 Å². The van der Waals surface area contributed by atoms with Crippen molar-refractivity contribution in [2.75, 3.05) is 11.4 Å². The van der Waals surface area contributed by atoms with Gasteiger partial charge < -0.3 is 4.90 Å². The molecule has 1 amide bonds. The molecule has 114 valence electrons. The van der Waals surface area contributed by atoms with Crippen molar-refractivity contribution < 1.29 is 22.0 Å². The van der Waals surface area contributed by atoms with E-state index >= 15 is 0 Å². The molecular formula is C12H13FN2O5S. The number of hydrogen-bond acceptors (Lipinski definition) is 5. The summed E-state index contributed by atoms with van der Waals surface area (Å²) in [5.41, 5.74) is 1.09. The molecule has 0 spiro atoms. The average Bonchev–Trinajstić information content (AvgIpc) is 2.70. The average molecular weight is 316 g/mol. The molecule has 1 aliphatic rings. The lowest BCUT2D eigenvalue weighted by Gasteiger charge is -2.19. The zero-order valence-corrected chi connectivity index (χ0v) is 12.2. The normalized spacial score (nSPS) is 19.1. The van der Waals surface area contributed by atoms with Gasteiger partial charge in [-0.25, -0.2) is 0 Å². The van der Waals surface area contributed by atoms with Crippen LogP contribution in [-0.2, 0) is 15.0 Å². The van der Waals surface area contributed by atoms with Gasteiger partial charge in [0.15, 0.2) is 0 Å². The maximum atomic E-state index is 13.0. The van der Waals surface area contributed by atoms with E-state index in [9.17, 15) is 27.2 Å². The van der Waals surface area contributed by atoms with E-state index < -0.39 is 32.7 Å². The highest BCUT2D eigenvalue weighted by molar-refractivity contribution is 7.87. The number of nitrogens with zero attached hydrogens (tertiary/aromatic N) is 2. The monoisotopic (exact) mass is 316 g/mol. The highest BCUT2D eigenvalue weighted by Crippen LogP contribution is 2.33. The molecule has 0 aromatic heterocycles. The van der Waals surface area contributed by atoms with Gasteiger partial charge in [0.25, 0.3) is 5.69 Å². The first-order valence-electron chi connectivity index (χ1n) is 6.10. The van der Waals surface area contributed by atoms with E-state index in [1.54, 1.807) is 13.8 Å². The Labute approximate surface area is 120 Å². The van der Waals surface area contributed by atoms with Gasteiger partial charge in [0, 0.05) is 24.6 Å². The van der Waals surface area contributed by atoms with Crippen LogP contribution in [0.5, 0.6) is 0 Å². The Kier molecular flexibility index (Phi) is 3.70. The van der Waals surface area contributed by atoms with Crippen molar-refractivity contribution in [2.24, 2.45) is 0 Å². The molecule has 1 aliphatic heterocycles.